The van der Waals surface area contributed by atoms with Crippen LogP contribution in [0.3, 0.4) is 0 Å². The topological polar surface area (TPSA) is 54.9 Å². The number of nitrogens with zero attached hydrogens (tertiary/aromatic N) is 3. The fraction of sp³-hybridized carbons (Fsp3) is 0.368. The number of amides is 1. The average Bonchev–Trinajstić information content (AvgIpc) is 2.71. The van der Waals surface area contributed by atoms with E-state index >= 15 is 0 Å². The van der Waals surface area contributed by atoms with Crippen LogP contribution in [0.2, 0.25) is 0 Å². The van der Waals surface area contributed by atoms with E-state index in [1.54, 1.807) is 12.0 Å². The molecule has 1 saturated heterocycles. The van der Waals surface area contributed by atoms with Crippen LogP contribution in [0.15, 0.2) is 42.6 Å². The summed E-state index contributed by atoms with van der Waals surface area (Å²) in [5.74, 6) is 0.0410. The van der Waals surface area contributed by atoms with Gasteiger partial charge in [-0.05, 0) is 24.3 Å². The van der Waals surface area contributed by atoms with E-state index in [1.807, 2.05) is 24.3 Å². The summed E-state index contributed by atoms with van der Waals surface area (Å²) >= 11 is 0. The van der Waals surface area contributed by atoms with E-state index in [-0.39, 0.29) is 11.4 Å². The maximum Gasteiger partial charge on any atom is 0.422 e. The minimum atomic E-state index is -4.50. The van der Waals surface area contributed by atoms with Crippen LogP contribution in [-0.4, -0.2) is 61.9 Å². The zero-order chi connectivity index (χ0) is 20.1. The molecule has 28 heavy (non-hydrogen) atoms. The Balaban J connectivity index is 1.67. The maximum absolute atomic E-state index is 12.8. The third-order valence-corrected chi connectivity index (χ3v) is 4.37. The molecule has 9 heteroatoms. The lowest BCUT2D eigenvalue weighted by molar-refractivity contribution is -0.154. The van der Waals surface area contributed by atoms with Crippen LogP contribution in [0, 0.1) is 0 Å². The zero-order valence-electron chi connectivity index (χ0n) is 15.3. The number of alkyl halides is 3. The summed E-state index contributed by atoms with van der Waals surface area (Å²) in [6.07, 6.45) is -3.21. The molecular weight excluding hydrogens is 375 g/mol. The second kappa shape index (κ2) is 8.37. The molecule has 1 fully saturated rings. The summed E-state index contributed by atoms with van der Waals surface area (Å²) in [5, 5.41) is 0. The summed E-state index contributed by atoms with van der Waals surface area (Å²) < 4.78 is 47.4. The van der Waals surface area contributed by atoms with Gasteiger partial charge in [0.15, 0.2) is 6.61 Å². The number of benzene rings is 1. The highest BCUT2D eigenvalue weighted by Crippen LogP contribution is 2.29. The molecule has 0 radical (unpaired) electrons. The highest BCUT2D eigenvalue weighted by molar-refractivity contribution is 5.96. The fourth-order valence-electron chi connectivity index (χ4n) is 3.03. The van der Waals surface area contributed by atoms with Crippen molar-refractivity contribution < 1.29 is 27.4 Å². The van der Waals surface area contributed by atoms with Gasteiger partial charge in [0, 0.05) is 32.4 Å². The molecule has 1 aromatic carbocycles. The smallest absolute Gasteiger partial charge is 0.422 e. The molecule has 1 amide bonds. The van der Waals surface area contributed by atoms with E-state index in [9.17, 15) is 18.0 Å². The molecule has 0 atom stereocenters. The molecule has 6 nitrogen and oxygen atoms in total. The minimum absolute atomic E-state index is 0.0255. The van der Waals surface area contributed by atoms with Crippen LogP contribution in [0.25, 0.3) is 0 Å². The van der Waals surface area contributed by atoms with Gasteiger partial charge in [0.05, 0.1) is 12.8 Å². The van der Waals surface area contributed by atoms with Crippen molar-refractivity contribution in [2.75, 3.05) is 44.8 Å². The standard InChI is InChI=1S/C19H20F3N3O3/c1-27-16-7-3-2-6-15(16)24-9-11-25(12-10-24)18(26)14-5-4-8-23-17(14)28-13-19(20,21)22/h2-8H,9-13H2,1H3. The first-order chi connectivity index (χ1) is 13.4. The van der Waals surface area contributed by atoms with Crippen LogP contribution in [-0.2, 0) is 0 Å². The number of pyridine rings is 1. The number of para-hydroxylation sites is 2. The molecule has 1 aliphatic heterocycles. The Bertz CT molecular complexity index is 821. The number of anilines is 1. The van der Waals surface area contributed by atoms with Gasteiger partial charge >= 0.3 is 6.18 Å². The quantitative estimate of drug-likeness (QED) is 0.779. The van der Waals surface area contributed by atoms with Crippen molar-refractivity contribution in [2.45, 2.75) is 6.18 Å². The number of carbonyl (C=O) groups excluding carboxylic acids is 1. The van der Waals surface area contributed by atoms with E-state index in [2.05, 4.69) is 9.88 Å². The van der Waals surface area contributed by atoms with E-state index < -0.39 is 18.7 Å². The Morgan fingerprint density at radius 3 is 2.50 bits per heavy atom. The maximum atomic E-state index is 12.8. The summed E-state index contributed by atoms with van der Waals surface area (Å²) in [7, 11) is 1.60. The molecule has 0 saturated carbocycles. The number of piperazine rings is 1. The highest BCUT2D eigenvalue weighted by atomic mass is 19.4. The molecular formula is C19H20F3N3O3. The Morgan fingerprint density at radius 1 is 1.11 bits per heavy atom. The normalized spacial score (nSPS) is 14.7. The average molecular weight is 395 g/mol. The van der Waals surface area contributed by atoms with Gasteiger partial charge in [-0.15, -0.1) is 0 Å². The van der Waals surface area contributed by atoms with Crippen molar-refractivity contribution in [3.63, 3.8) is 0 Å². The zero-order valence-corrected chi connectivity index (χ0v) is 15.3. The van der Waals surface area contributed by atoms with Crippen molar-refractivity contribution in [1.29, 1.82) is 0 Å². The summed E-state index contributed by atoms with van der Waals surface area (Å²) in [6.45, 7) is 0.497. The largest absolute Gasteiger partial charge is 0.495 e. The van der Waals surface area contributed by atoms with Crippen LogP contribution < -0.4 is 14.4 Å². The van der Waals surface area contributed by atoms with Gasteiger partial charge in [0.2, 0.25) is 5.88 Å². The Labute approximate surface area is 160 Å². The monoisotopic (exact) mass is 395 g/mol. The molecule has 1 aromatic heterocycles. The Morgan fingerprint density at radius 2 is 1.82 bits per heavy atom. The molecule has 0 unspecified atom stereocenters. The van der Waals surface area contributed by atoms with E-state index in [1.165, 1.54) is 18.3 Å². The number of carbonyl (C=O) groups is 1. The molecule has 2 aromatic rings. The molecule has 0 aliphatic carbocycles. The van der Waals surface area contributed by atoms with Crippen LogP contribution >= 0.6 is 0 Å². The number of hydrogen-bond acceptors (Lipinski definition) is 5. The van der Waals surface area contributed by atoms with Crippen LogP contribution in [0.1, 0.15) is 10.4 Å². The second-order valence-electron chi connectivity index (χ2n) is 6.21. The van der Waals surface area contributed by atoms with Gasteiger partial charge in [-0.3, -0.25) is 4.79 Å². The predicted octanol–water partition coefficient (Wildman–Crippen LogP) is 2.99. The minimum Gasteiger partial charge on any atom is -0.495 e. The molecule has 1 aliphatic rings. The molecule has 3 rings (SSSR count). The van der Waals surface area contributed by atoms with Crippen molar-refractivity contribution in [3.05, 3.63) is 48.2 Å². The molecule has 0 bridgehead atoms. The molecule has 2 heterocycles. The van der Waals surface area contributed by atoms with Crippen molar-refractivity contribution in [2.24, 2.45) is 0 Å². The number of hydrogen-bond donors (Lipinski definition) is 0. The number of methoxy groups -OCH3 is 1. The lowest BCUT2D eigenvalue weighted by atomic mass is 10.2. The van der Waals surface area contributed by atoms with Gasteiger partial charge in [-0.25, -0.2) is 4.98 Å². The second-order valence-corrected chi connectivity index (χ2v) is 6.21. The van der Waals surface area contributed by atoms with Gasteiger partial charge in [-0.2, -0.15) is 13.2 Å². The van der Waals surface area contributed by atoms with Gasteiger partial charge < -0.3 is 19.3 Å². The first-order valence-corrected chi connectivity index (χ1v) is 8.71. The van der Waals surface area contributed by atoms with Crippen LogP contribution in [0.5, 0.6) is 11.6 Å². The Kier molecular flexibility index (Phi) is 5.91. The highest BCUT2D eigenvalue weighted by Gasteiger charge is 2.31. The predicted molar refractivity (Wildman–Crippen MR) is 96.9 cm³/mol. The van der Waals surface area contributed by atoms with Gasteiger partial charge in [0.1, 0.15) is 11.3 Å². The van der Waals surface area contributed by atoms with Crippen molar-refractivity contribution in [1.82, 2.24) is 9.88 Å². The summed E-state index contributed by atoms with van der Waals surface area (Å²) in [5.41, 5.74) is 0.963. The lowest BCUT2D eigenvalue weighted by Crippen LogP contribution is -2.49. The van der Waals surface area contributed by atoms with Gasteiger partial charge in [0.25, 0.3) is 5.91 Å². The SMILES string of the molecule is COc1ccccc1N1CCN(C(=O)c2cccnc2OCC(F)(F)F)CC1. The van der Waals surface area contributed by atoms with E-state index in [4.69, 9.17) is 9.47 Å². The third-order valence-electron chi connectivity index (χ3n) is 4.37. The number of aromatic nitrogens is 1. The van der Waals surface area contributed by atoms with Gasteiger partial charge in [-0.1, -0.05) is 12.1 Å². The molecule has 150 valence electrons. The first-order valence-electron chi connectivity index (χ1n) is 8.71. The molecule has 0 spiro atoms. The van der Waals surface area contributed by atoms with E-state index in [0.29, 0.717) is 26.2 Å². The Hall–Kier alpha value is -2.97. The number of halogens is 3. The molecule has 0 N–H and O–H groups in total. The summed E-state index contributed by atoms with van der Waals surface area (Å²) in [6, 6.07) is 10.5. The summed E-state index contributed by atoms with van der Waals surface area (Å²) in [4.78, 5) is 20.3. The first kappa shape index (κ1) is 19.8. The fourth-order valence-corrected chi connectivity index (χ4v) is 3.03. The number of ether oxygens (including phenoxy) is 2. The lowest BCUT2D eigenvalue weighted by Gasteiger charge is -2.36. The third kappa shape index (κ3) is 4.65. The number of rotatable bonds is 5. The van der Waals surface area contributed by atoms with Crippen molar-refractivity contribution in [3.8, 4) is 11.6 Å². The van der Waals surface area contributed by atoms with Crippen LogP contribution in [0.4, 0.5) is 18.9 Å². The van der Waals surface area contributed by atoms with Crippen molar-refractivity contribution >= 4 is 11.6 Å². The van der Waals surface area contributed by atoms with E-state index in [0.717, 1.165) is 11.4 Å².